The van der Waals surface area contributed by atoms with Gasteiger partial charge in [-0.25, -0.2) is 0 Å². The monoisotopic (exact) mass is 248 g/mol. The van der Waals surface area contributed by atoms with Crippen molar-refractivity contribution in [3.63, 3.8) is 0 Å². The largest absolute Gasteiger partial charge is 0.382 e. The normalized spacial score (nSPS) is 13.8. The molecule has 0 bridgehead atoms. The molecule has 0 spiro atoms. The van der Waals surface area contributed by atoms with Gasteiger partial charge in [0, 0.05) is 27.3 Å². The minimum atomic E-state index is -0.133. The lowest BCUT2D eigenvalue weighted by atomic mass is 10.0. The van der Waals surface area contributed by atoms with Gasteiger partial charge in [-0.1, -0.05) is 30.3 Å². The molecule has 0 saturated carbocycles. The third kappa shape index (κ3) is 4.84. The number of hydrogen-bond donors (Lipinski definition) is 1. The predicted molar refractivity (Wildman–Crippen MR) is 70.3 cm³/mol. The zero-order chi connectivity index (χ0) is 13.2. The van der Waals surface area contributed by atoms with E-state index in [4.69, 9.17) is 14.7 Å². The summed E-state index contributed by atoms with van der Waals surface area (Å²) in [6, 6.07) is 12.1. The van der Waals surface area contributed by atoms with Crippen molar-refractivity contribution in [1.29, 1.82) is 5.26 Å². The second kappa shape index (κ2) is 8.65. The van der Waals surface area contributed by atoms with E-state index in [9.17, 15) is 0 Å². The standard InChI is InChI=1S/C14H20N2O2/c1-17-11-14(18-2)10-16-9-13(8-15)12-6-4-3-5-7-12/h3-7,13-14,16H,9-11H2,1-2H3. The van der Waals surface area contributed by atoms with Crippen molar-refractivity contribution in [2.75, 3.05) is 33.9 Å². The molecule has 18 heavy (non-hydrogen) atoms. The van der Waals surface area contributed by atoms with Crippen LogP contribution in [-0.4, -0.2) is 40.0 Å². The molecule has 4 heteroatoms. The Morgan fingerprint density at radius 3 is 2.50 bits per heavy atom. The van der Waals surface area contributed by atoms with Crippen LogP contribution in [0.15, 0.2) is 30.3 Å². The van der Waals surface area contributed by atoms with Gasteiger partial charge in [0.25, 0.3) is 0 Å². The molecule has 1 N–H and O–H groups in total. The number of nitriles is 1. The number of methoxy groups -OCH3 is 2. The van der Waals surface area contributed by atoms with Gasteiger partial charge in [0.2, 0.25) is 0 Å². The summed E-state index contributed by atoms with van der Waals surface area (Å²) in [6.07, 6.45) is 0.0186. The summed E-state index contributed by atoms with van der Waals surface area (Å²) in [6.45, 7) is 1.84. The molecule has 0 heterocycles. The maximum atomic E-state index is 9.16. The molecule has 2 unspecified atom stereocenters. The topological polar surface area (TPSA) is 54.3 Å². The first-order chi connectivity index (χ1) is 8.81. The Hall–Kier alpha value is -1.41. The highest BCUT2D eigenvalue weighted by Gasteiger charge is 2.11. The van der Waals surface area contributed by atoms with Crippen molar-refractivity contribution >= 4 is 0 Å². The molecular weight excluding hydrogens is 228 g/mol. The van der Waals surface area contributed by atoms with Crippen molar-refractivity contribution in [1.82, 2.24) is 5.32 Å². The van der Waals surface area contributed by atoms with Gasteiger partial charge in [-0.05, 0) is 5.56 Å². The first kappa shape index (κ1) is 14.7. The van der Waals surface area contributed by atoms with E-state index >= 15 is 0 Å². The molecular formula is C14H20N2O2. The van der Waals surface area contributed by atoms with Gasteiger partial charge in [0.05, 0.1) is 24.7 Å². The van der Waals surface area contributed by atoms with Crippen LogP contribution in [0.1, 0.15) is 11.5 Å². The summed E-state index contributed by atoms with van der Waals surface area (Å²) in [5, 5.41) is 12.4. The van der Waals surface area contributed by atoms with Gasteiger partial charge in [-0.2, -0.15) is 5.26 Å². The molecule has 0 fully saturated rings. The lowest BCUT2D eigenvalue weighted by molar-refractivity contribution is 0.0290. The lowest BCUT2D eigenvalue weighted by Crippen LogP contribution is -2.33. The summed E-state index contributed by atoms with van der Waals surface area (Å²) in [7, 11) is 3.30. The van der Waals surface area contributed by atoms with Gasteiger partial charge < -0.3 is 14.8 Å². The van der Waals surface area contributed by atoms with Crippen molar-refractivity contribution in [3.8, 4) is 6.07 Å². The fourth-order valence-electron chi connectivity index (χ4n) is 1.71. The third-order valence-electron chi connectivity index (χ3n) is 2.76. The summed E-state index contributed by atoms with van der Waals surface area (Å²) < 4.78 is 10.3. The predicted octanol–water partition coefficient (Wildman–Crippen LogP) is 1.54. The van der Waals surface area contributed by atoms with Crippen LogP contribution in [0.5, 0.6) is 0 Å². The maximum absolute atomic E-state index is 9.16. The van der Waals surface area contributed by atoms with Crippen LogP contribution >= 0.6 is 0 Å². The number of nitrogens with one attached hydrogen (secondary N) is 1. The maximum Gasteiger partial charge on any atom is 0.0928 e. The van der Waals surface area contributed by atoms with Crippen LogP contribution in [0.25, 0.3) is 0 Å². The van der Waals surface area contributed by atoms with Gasteiger partial charge in [-0.3, -0.25) is 0 Å². The SMILES string of the molecule is COCC(CNCC(C#N)c1ccccc1)OC. The van der Waals surface area contributed by atoms with Crippen LogP contribution in [0.2, 0.25) is 0 Å². The summed E-state index contributed by atoms with van der Waals surface area (Å²) in [4.78, 5) is 0. The average Bonchev–Trinajstić information content (AvgIpc) is 2.43. The smallest absolute Gasteiger partial charge is 0.0928 e. The van der Waals surface area contributed by atoms with E-state index < -0.39 is 0 Å². The summed E-state index contributed by atoms with van der Waals surface area (Å²) in [5.41, 5.74) is 1.04. The lowest BCUT2D eigenvalue weighted by Gasteiger charge is -2.16. The van der Waals surface area contributed by atoms with Gasteiger partial charge >= 0.3 is 0 Å². The first-order valence-electron chi connectivity index (χ1n) is 5.98. The molecule has 0 aliphatic heterocycles. The van der Waals surface area contributed by atoms with Gasteiger partial charge in [0.15, 0.2) is 0 Å². The average molecular weight is 248 g/mol. The van der Waals surface area contributed by atoms with Gasteiger partial charge in [-0.15, -0.1) is 0 Å². The van der Waals surface area contributed by atoms with Crippen molar-refractivity contribution < 1.29 is 9.47 Å². The zero-order valence-electron chi connectivity index (χ0n) is 10.9. The number of hydrogen-bond acceptors (Lipinski definition) is 4. The molecule has 4 nitrogen and oxygen atoms in total. The molecule has 1 aromatic rings. The molecule has 0 aliphatic carbocycles. The highest BCUT2D eigenvalue weighted by Crippen LogP contribution is 2.12. The van der Waals surface area contributed by atoms with Crippen LogP contribution in [0, 0.1) is 11.3 Å². The molecule has 2 atom stereocenters. The molecule has 0 aliphatic rings. The van der Waals surface area contributed by atoms with Crippen LogP contribution in [0.4, 0.5) is 0 Å². The molecule has 0 aromatic heterocycles. The fourth-order valence-corrected chi connectivity index (χ4v) is 1.71. The quantitative estimate of drug-likeness (QED) is 0.758. The Kier molecular flexibility index (Phi) is 7.04. The number of benzene rings is 1. The van der Waals surface area contributed by atoms with Gasteiger partial charge in [0.1, 0.15) is 0 Å². The molecule has 0 amide bonds. The summed E-state index contributed by atoms with van der Waals surface area (Å²) in [5.74, 6) is -0.133. The second-order valence-corrected chi connectivity index (χ2v) is 4.06. The van der Waals surface area contributed by atoms with Crippen molar-refractivity contribution in [2.45, 2.75) is 12.0 Å². The van der Waals surface area contributed by atoms with Crippen LogP contribution in [-0.2, 0) is 9.47 Å². The minimum absolute atomic E-state index is 0.0186. The van der Waals surface area contributed by atoms with Crippen LogP contribution < -0.4 is 5.32 Å². The van der Waals surface area contributed by atoms with E-state index in [1.54, 1.807) is 14.2 Å². The van der Waals surface area contributed by atoms with E-state index in [0.29, 0.717) is 19.7 Å². The van der Waals surface area contributed by atoms with Crippen LogP contribution in [0.3, 0.4) is 0 Å². The Balaban J connectivity index is 2.39. The van der Waals surface area contributed by atoms with E-state index in [0.717, 1.165) is 5.56 Å². The zero-order valence-corrected chi connectivity index (χ0v) is 10.9. The summed E-state index contributed by atoms with van der Waals surface area (Å²) >= 11 is 0. The Morgan fingerprint density at radius 2 is 1.94 bits per heavy atom. The fraction of sp³-hybridized carbons (Fsp3) is 0.500. The van der Waals surface area contributed by atoms with E-state index in [1.165, 1.54) is 0 Å². The van der Waals surface area contributed by atoms with Crippen molar-refractivity contribution in [3.05, 3.63) is 35.9 Å². The molecule has 1 aromatic carbocycles. The second-order valence-electron chi connectivity index (χ2n) is 4.06. The number of ether oxygens (including phenoxy) is 2. The van der Waals surface area contributed by atoms with Crippen molar-refractivity contribution in [2.24, 2.45) is 0 Å². The molecule has 98 valence electrons. The first-order valence-corrected chi connectivity index (χ1v) is 5.98. The molecule has 0 saturated heterocycles. The minimum Gasteiger partial charge on any atom is -0.382 e. The molecule has 0 radical (unpaired) electrons. The molecule has 1 rings (SSSR count). The van der Waals surface area contributed by atoms with E-state index in [-0.39, 0.29) is 12.0 Å². The Labute approximate surface area is 109 Å². The number of nitrogens with zero attached hydrogens (tertiary/aromatic N) is 1. The Bertz CT molecular complexity index is 362. The highest BCUT2D eigenvalue weighted by molar-refractivity contribution is 5.24. The van der Waals surface area contributed by atoms with E-state index in [2.05, 4.69) is 11.4 Å². The van der Waals surface area contributed by atoms with E-state index in [1.807, 2.05) is 30.3 Å². The third-order valence-corrected chi connectivity index (χ3v) is 2.76. The highest BCUT2D eigenvalue weighted by atomic mass is 16.5. The Morgan fingerprint density at radius 1 is 1.22 bits per heavy atom. The number of rotatable bonds is 8.